The number of phenols is 1. The summed E-state index contributed by atoms with van der Waals surface area (Å²) < 4.78 is 7.54. The van der Waals surface area contributed by atoms with Gasteiger partial charge in [-0.15, -0.1) is 0 Å². The molecule has 186 valence electrons. The molecule has 2 rings (SSSR count). The summed E-state index contributed by atoms with van der Waals surface area (Å²) in [6, 6.07) is 10.2. The van der Waals surface area contributed by atoms with Crippen molar-refractivity contribution in [3.05, 3.63) is 58.0 Å². The Hall–Kier alpha value is -2.74. The van der Waals surface area contributed by atoms with E-state index < -0.39 is 0 Å². The zero-order chi connectivity index (χ0) is 24.4. The molecule has 2 aromatic rings. The summed E-state index contributed by atoms with van der Waals surface area (Å²) in [6.07, 6.45) is 20.0. The fourth-order valence-corrected chi connectivity index (χ4v) is 4.22. The Morgan fingerprint density at radius 3 is 1.88 bits per heavy atom. The number of nitriles is 1. The third-order valence-electron chi connectivity index (χ3n) is 6.31. The van der Waals surface area contributed by atoms with Crippen LogP contribution in [0.15, 0.2) is 41.3 Å². The van der Waals surface area contributed by atoms with E-state index in [4.69, 9.17) is 4.74 Å². The largest absolute Gasteiger partial charge is 0.508 e. The van der Waals surface area contributed by atoms with E-state index in [2.05, 4.69) is 13.0 Å². The van der Waals surface area contributed by atoms with Crippen LogP contribution in [0.1, 0.15) is 108 Å². The molecule has 34 heavy (non-hydrogen) atoms. The van der Waals surface area contributed by atoms with Crippen molar-refractivity contribution in [1.82, 2.24) is 4.57 Å². The maximum atomic E-state index is 12.3. The summed E-state index contributed by atoms with van der Waals surface area (Å²) >= 11 is 0. The fraction of sp³-hybridized carbons (Fsp3) is 0.586. The van der Waals surface area contributed by atoms with Gasteiger partial charge < -0.3 is 14.4 Å². The molecule has 0 fully saturated rings. The number of aromatic hydroxyl groups is 1. The van der Waals surface area contributed by atoms with Gasteiger partial charge in [-0.2, -0.15) is 5.26 Å². The lowest BCUT2D eigenvalue weighted by molar-refractivity contribution is 0.298. The molecule has 0 unspecified atom stereocenters. The number of ether oxygens (including phenoxy) is 1. The second-order valence-electron chi connectivity index (χ2n) is 9.21. The molecule has 0 atom stereocenters. The summed E-state index contributed by atoms with van der Waals surface area (Å²) in [4.78, 5) is 12.3. The molecule has 0 amide bonds. The maximum absolute atomic E-state index is 12.3. The normalized spacial score (nSPS) is 10.8. The number of nitrogens with zero attached hydrogens (tertiary/aromatic N) is 2. The number of aryl methyl sites for hydroxylation is 1. The van der Waals surface area contributed by atoms with Gasteiger partial charge in [-0.05, 0) is 24.1 Å². The SMILES string of the molecule is CCCCCCCCCCCCCCCCn1ccc(=O)c(OCc2ccc(O)cc2)c1C#N. The zero-order valence-electron chi connectivity index (χ0n) is 20.9. The van der Waals surface area contributed by atoms with Crippen LogP contribution in [0.5, 0.6) is 11.5 Å². The number of benzene rings is 1. The quantitative estimate of drug-likeness (QED) is 0.231. The third-order valence-corrected chi connectivity index (χ3v) is 6.31. The highest BCUT2D eigenvalue weighted by Crippen LogP contribution is 2.17. The Bertz CT molecular complexity index is 912. The smallest absolute Gasteiger partial charge is 0.224 e. The van der Waals surface area contributed by atoms with Gasteiger partial charge in [0.1, 0.15) is 18.4 Å². The molecule has 1 aromatic heterocycles. The number of aromatic nitrogens is 1. The average Bonchev–Trinajstić information content (AvgIpc) is 2.85. The summed E-state index contributed by atoms with van der Waals surface area (Å²) in [5, 5.41) is 19.0. The first kappa shape index (κ1) is 27.5. The van der Waals surface area contributed by atoms with Crippen LogP contribution in [-0.4, -0.2) is 9.67 Å². The lowest BCUT2D eigenvalue weighted by atomic mass is 10.0. The van der Waals surface area contributed by atoms with Crippen LogP contribution in [0.4, 0.5) is 0 Å². The molecule has 0 aliphatic rings. The van der Waals surface area contributed by atoms with Gasteiger partial charge in [0.15, 0.2) is 5.69 Å². The van der Waals surface area contributed by atoms with Crippen LogP contribution in [-0.2, 0) is 13.2 Å². The molecule has 1 heterocycles. The molecule has 0 aliphatic heterocycles. The molecule has 0 bridgehead atoms. The Morgan fingerprint density at radius 2 is 1.35 bits per heavy atom. The summed E-state index contributed by atoms with van der Waals surface area (Å²) in [5.74, 6) is 0.278. The lowest BCUT2D eigenvalue weighted by Crippen LogP contribution is -2.15. The van der Waals surface area contributed by atoms with Gasteiger partial charge in [0.2, 0.25) is 11.2 Å². The number of hydrogen-bond donors (Lipinski definition) is 1. The monoisotopic (exact) mass is 466 g/mol. The average molecular weight is 467 g/mol. The topological polar surface area (TPSA) is 75.2 Å². The Morgan fingerprint density at radius 1 is 0.824 bits per heavy atom. The molecule has 1 N–H and O–H groups in total. The molecule has 0 aliphatic carbocycles. The second kappa shape index (κ2) is 16.8. The first-order valence-electron chi connectivity index (χ1n) is 13.2. The number of unbranched alkanes of at least 4 members (excludes halogenated alkanes) is 13. The van der Waals surface area contributed by atoms with Crippen molar-refractivity contribution in [2.24, 2.45) is 0 Å². The van der Waals surface area contributed by atoms with Crippen LogP contribution >= 0.6 is 0 Å². The van der Waals surface area contributed by atoms with Crippen LogP contribution in [0.25, 0.3) is 0 Å². The number of rotatable bonds is 18. The molecular formula is C29H42N2O3. The first-order valence-corrected chi connectivity index (χ1v) is 13.2. The van der Waals surface area contributed by atoms with E-state index in [1.54, 1.807) is 30.5 Å². The van der Waals surface area contributed by atoms with Crippen LogP contribution in [0.2, 0.25) is 0 Å². The van der Waals surface area contributed by atoms with Crippen molar-refractivity contribution in [2.75, 3.05) is 0 Å². The van der Waals surface area contributed by atoms with Crippen molar-refractivity contribution in [3.8, 4) is 17.6 Å². The number of hydrogen-bond acceptors (Lipinski definition) is 4. The molecule has 0 saturated carbocycles. The van der Waals surface area contributed by atoms with Crippen LogP contribution in [0.3, 0.4) is 0 Å². The van der Waals surface area contributed by atoms with Gasteiger partial charge in [0.25, 0.3) is 0 Å². The summed E-state index contributed by atoms with van der Waals surface area (Å²) in [6.45, 7) is 3.14. The minimum atomic E-state index is -0.285. The predicted molar refractivity (Wildman–Crippen MR) is 138 cm³/mol. The van der Waals surface area contributed by atoms with Gasteiger partial charge in [-0.3, -0.25) is 4.79 Å². The predicted octanol–water partition coefficient (Wildman–Crippen LogP) is 7.49. The maximum Gasteiger partial charge on any atom is 0.224 e. The van der Waals surface area contributed by atoms with Crippen molar-refractivity contribution < 1.29 is 9.84 Å². The van der Waals surface area contributed by atoms with E-state index in [1.807, 2.05) is 4.57 Å². The number of pyridine rings is 1. The van der Waals surface area contributed by atoms with Gasteiger partial charge >= 0.3 is 0 Å². The van der Waals surface area contributed by atoms with E-state index in [0.29, 0.717) is 6.54 Å². The van der Waals surface area contributed by atoms with E-state index in [1.165, 1.54) is 83.1 Å². The third kappa shape index (κ3) is 10.5. The van der Waals surface area contributed by atoms with Gasteiger partial charge in [0.05, 0.1) is 0 Å². The highest BCUT2D eigenvalue weighted by atomic mass is 16.5. The molecule has 5 nitrogen and oxygen atoms in total. The second-order valence-corrected chi connectivity index (χ2v) is 9.21. The van der Waals surface area contributed by atoms with Gasteiger partial charge in [-0.1, -0.05) is 103 Å². The Balaban J connectivity index is 1.64. The number of phenolic OH excluding ortho intramolecular Hbond substituents is 1. The molecule has 5 heteroatoms. The van der Waals surface area contributed by atoms with Gasteiger partial charge in [-0.25, -0.2) is 0 Å². The minimum absolute atomic E-state index is 0.100. The fourth-order valence-electron chi connectivity index (χ4n) is 4.22. The van der Waals surface area contributed by atoms with Crippen molar-refractivity contribution >= 4 is 0 Å². The highest BCUT2D eigenvalue weighted by Gasteiger charge is 2.12. The molecular weight excluding hydrogens is 424 g/mol. The van der Waals surface area contributed by atoms with Crippen LogP contribution in [0, 0.1) is 11.3 Å². The van der Waals surface area contributed by atoms with Crippen LogP contribution < -0.4 is 10.2 Å². The Kier molecular flexibility index (Phi) is 13.6. The van der Waals surface area contributed by atoms with Gasteiger partial charge in [0, 0.05) is 18.8 Å². The lowest BCUT2D eigenvalue weighted by Gasteiger charge is -2.13. The zero-order valence-corrected chi connectivity index (χ0v) is 20.9. The standard InChI is InChI=1S/C29H42N2O3/c1-2-3-4-5-6-7-8-9-10-11-12-13-14-15-21-31-22-20-28(33)29(27(31)23-30)34-24-25-16-18-26(32)19-17-25/h16-20,22,32H,2-15,21,24H2,1H3. The van der Waals surface area contributed by atoms with Crippen molar-refractivity contribution in [1.29, 1.82) is 5.26 Å². The molecule has 0 radical (unpaired) electrons. The van der Waals surface area contributed by atoms with Crippen molar-refractivity contribution in [2.45, 2.75) is 110 Å². The summed E-state index contributed by atoms with van der Waals surface area (Å²) in [7, 11) is 0. The van der Waals surface area contributed by atoms with E-state index in [0.717, 1.165) is 18.4 Å². The molecule has 1 aromatic carbocycles. The van der Waals surface area contributed by atoms with Crippen molar-refractivity contribution in [3.63, 3.8) is 0 Å². The first-order chi connectivity index (χ1) is 16.7. The molecule has 0 spiro atoms. The highest BCUT2D eigenvalue weighted by molar-refractivity contribution is 5.38. The minimum Gasteiger partial charge on any atom is -0.508 e. The van der Waals surface area contributed by atoms with E-state index >= 15 is 0 Å². The van der Waals surface area contributed by atoms with E-state index in [-0.39, 0.29) is 29.2 Å². The Labute approximate surface area is 205 Å². The molecule has 0 saturated heterocycles. The van der Waals surface area contributed by atoms with E-state index in [9.17, 15) is 15.2 Å². The summed E-state index contributed by atoms with van der Waals surface area (Å²) in [5.41, 5.74) is 0.817.